The predicted octanol–water partition coefficient (Wildman–Crippen LogP) is 3.15. The van der Waals surface area contributed by atoms with E-state index in [0.29, 0.717) is 6.61 Å². The molecule has 0 fully saturated rings. The quantitative estimate of drug-likeness (QED) is 0.724. The predicted molar refractivity (Wildman–Crippen MR) is 98.7 cm³/mol. The molecule has 1 heterocycles. The summed E-state index contributed by atoms with van der Waals surface area (Å²) in [5.41, 5.74) is 2.88. The van der Waals surface area contributed by atoms with Crippen LogP contribution in [-0.2, 0) is 7.05 Å². The molecule has 0 bridgehead atoms. The number of aryl methyl sites for hydroxylation is 1. The molecule has 3 aromatic rings. The zero-order chi connectivity index (χ0) is 17.1. The van der Waals surface area contributed by atoms with E-state index in [1.807, 2.05) is 69.7 Å². The number of benzene rings is 2. The number of fused-ring (bicyclic) bond motifs is 1. The molecule has 0 aliphatic carbocycles. The van der Waals surface area contributed by atoms with Crippen LogP contribution in [0.1, 0.15) is 0 Å². The Morgan fingerprint density at radius 1 is 1.04 bits per heavy atom. The Hall–Kier alpha value is -2.59. The van der Waals surface area contributed by atoms with Gasteiger partial charge in [0.2, 0.25) is 0 Å². The van der Waals surface area contributed by atoms with Gasteiger partial charge >= 0.3 is 0 Å². The van der Waals surface area contributed by atoms with Crippen LogP contribution in [0, 0.1) is 0 Å². The largest absolute Gasteiger partial charge is 0.492 e. The molecular formula is C20H22N2O2. The standard InChI is InChI=1S/C20H22N2O2/c1-21(2)12-13-24-16-10-8-15(9-11-16)19-14-20(23)17-6-4-5-7-18(17)22(19)3/h4-11,14H,12-13H2,1-3H3. The van der Waals surface area contributed by atoms with Crippen molar-refractivity contribution in [1.82, 2.24) is 9.47 Å². The molecule has 1 aromatic heterocycles. The number of likely N-dealkylation sites (N-methyl/N-ethyl adjacent to an activating group) is 1. The third-order valence-corrected chi connectivity index (χ3v) is 4.12. The fraction of sp³-hybridized carbons (Fsp3) is 0.250. The molecular weight excluding hydrogens is 300 g/mol. The van der Waals surface area contributed by atoms with E-state index in [1.165, 1.54) is 0 Å². The molecule has 0 radical (unpaired) electrons. The molecule has 0 N–H and O–H groups in total. The molecule has 4 nitrogen and oxygen atoms in total. The summed E-state index contributed by atoms with van der Waals surface area (Å²) >= 11 is 0. The highest BCUT2D eigenvalue weighted by atomic mass is 16.5. The molecule has 0 unspecified atom stereocenters. The number of ether oxygens (including phenoxy) is 1. The Labute approximate surface area is 141 Å². The normalized spacial score (nSPS) is 11.2. The fourth-order valence-electron chi connectivity index (χ4n) is 2.75. The Bertz CT molecular complexity index is 896. The molecule has 0 saturated carbocycles. The second-order valence-corrected chi connectivity index (χ2v) is 6.15. The van der Waals surface area contributed by atoms with Crippen LogP contribution in [0.4, 0.5) is 0 Å². The van der Waals surface area contributed by atoms with E-state index in [0.717, 1.165) is 34.5 Å². The van der Waals surface area contributed by atoms with Gasteiger partial charge in [-0.15, -0.1) is 0 Å². The molecule has 0 spiro atoms. The highest BCUT2D eigenvalue weighted by molar-refractivity contribution is 5.82. The average molecular weight is 322 g/mol. The lowest BCUT2D eigenvalue weighted by atomic mass is 10.1. The maximum absolute atomic E-state index is 12.4. The molecule has 0 saturated heterocycles. The first-order chi connectivity index (χ1) is 11.6. The summed E-state index contributed by atoms with van der Waals surface area (Å²) in [5.74, 6) is 0.839. The van der Waals surface area contributed by atoms with E-state index >= 15 is 0 Å². The van der Waals surface area contributed by atoms with E-state index in [2.05, 4.69) is 9.47 Å². The van der Waals surface area contributed by atoms with Crippen molar-refractivity contribution in [2.75, 3.05) is 27.2 Å². The molecule has 0 atom stereocenters. The highest BCUT2D eigenvalue weighted by Crippen LogP contribution is 2.23. The van der Waals surface area contributed by atoms with Crippen molar-refractivity contribution >= 4 is 10.9 Å². The van der Waals surface area contributed by atoms with Gasteiger partial charge in [-0.3, -0.25) is 4.79 Å². The van der Waals surface area contributed by atoms with Crippen molar-refractivity contribution in [3.63, 3.8) is 0 Å². The average Bonchev–Trinajstić information content (AvgIpc) is 2.59. The van der Waals surface area contributed by atoms with Crippen molar-refractivity contribution in [3.8, 4) is 17.0 Å². The number of rotatable bonds is 5. The minimum absolute atomic E-state index is 0.0463. The smallest absolute Gasteiger partial charge is 0.190 e. The number of pyridine rings is 1. The molecule has 124 valence electrons. The van der Waals surface area contributed by atoms with Crippen molar-refractivity contribution < 1.29 is 4.74 Å². The number of hydrogen-bond acceptors (Lipinski definition) is 3. The molecule has 3 rings (SSSR count). The van der Waals surface area contributed by atoms with Gasteiger partial charge in [0.25, 0.3) is 0 Å². The Kier molecular flexibility index (Phi) is 4.67. The minimum Gasteiger partial charge on any atom is -0.492 e. The van der Waals surface area contributed by atoms with Crippen molar-refractivity contribution in [3.05, 3.63) is 64.8 Å². The highest BCUT2D eigenvalue weighted by Gasteiger charge is 2.08. The van der Waals surface area contributed by atoms with Gasteiger partial charge in [-0.25, -0.2) is 0 Å². The van der Waals surface area contributed by atoms with Gasteiger partial charge in [0.1, 0.15) is 12.4 Å². The lowest BCUT2D eigenvalue weighted by Crippen LogP contribution is -2.19. The Morgan fingerprint density at radius 2 is 1.75 bits per heavy atom. The number of aromatic nitrogens is 1. The Morgan fingerprint density at radius 3 is 2.46 bits per heavy atom. The van der Waals surface area contributed by atoms with Gasteiger partial charge in [-0.2, -0.15) is 0 Å². The molecule has 0 aliphatic rings. The molecule has 0 aliphatic heterocycles. The second kappa shape index (κ2) is 6.89. The summed E-state index contributed by atoms with van der Waals surface area (Å²) in [5, 5.41) is 0.743. The molecule has 24 heavy (non-hydrogen) atoms. The third kappa shape index (κ3) is 3.34. The van der Waals surface area contributed by atoms with Gasteiger partial charge < -0.3 is 14.2 Å². The van der Waals surface area contributed by atoms with Crippen LogP contribution in [-0.4, -0.2) is 36.7 Å². The molecule has 4 heteroatoms. The topological polar surface area (TPSA) is 34.5 Å². The fourth-order valence-corrected chi connectivity index (χ4v) is 2.75. The summed E-state index contributed by atoms with van der Waals surface area (Å²) in [6, 6.07) is 17.3. The van der Waals surface area contributed by atoms with Crippen molar-refractivity contribution in [2.45, 2.75) is 0 Å². The summed E-state index contributed by atoms with van der Waals surface area (Å²) in [4.78, 5) is 14.4. The molecule has 2 aromatic carbocycles. The van der Waals surface area contributed by atoms with E-state index in [1.54, 1.807) is 6.07 Å². The maximum atomic E-state index is 12.4. The van der Waals surface area contributed by atoms with Gasteiger partial charge in [-0.05, 0) is 56.1 Å². The van der Waals surface area contributed by atoms with Crippen LogP contribution in [0.5, 0.6) is 5.75 Å². The number of hydrogen-bond donors (Lipinski definition) is 0. The maximum Gasteiger partial charge on any atom is 0.190 e. The van der Waals surface area contributed by atoms with Crippen LogP contribution in [0.15, 0.2) is 59.4 Å². The van der Waals surface area contributed by atoms with Crippen molar-refractivity contribution in [2.24, 2.45) is 7.05 Å². The zero-order valence-corrected chi connectivity index (χ0v) is 14.3. The number of para-hydroxylation sites is 1. The van der Waals surface area contributed by atoms with Crippen LogP contribution >= 0.6 is 0 Å². The van der Waals surface area contributed by atoms with Crippen LogP contribution < -0.4 is 10.2 Å². The Balaban J connectivity index is 1.91. The number of nitrogens with zero attached hydrogens (tertiary/aromatic N) is 2. The van der Waals surface area contributed by atoms with Crippen LogP contribution in [0.2, 0.25) is 0 Å². The summed E-state index contributed by atoms with van der Waals surface area (Å²) in [6.45, 7) is 1.53. The minimum atomic E-state index is 0.0463. The first kappa shape index (κ1) is 16.3. The van der Waals surface area contributed by atoms with Gasteiger partial charge in [0.15, 0.2) is 5.43 Å². The van der Waals surface area contributed by atoms with Crippen molar-refractivity contribution in [1.29, 1.82) is 0 Å². The molecule has 0 amide bonds. The third-order valence-electron chi connectivity index (χ3n) is 4.12. The lowest BCUT2D eigenvalue weighted by molar-refractivity contribution is 0.261. The zero-order valence-electron chi connectivity index (χ0n) is 14.3. The van der Waals surface area contributed by atoms with E-state index in [4.69, 9.17) is 4.74 Å². The summed E-state index contributed by atoms with van der Waals surface area (Å²) in [7, 11) is 6.03. The first-order valence-electron chi connectivity index (χ1n) is 8.03. The van der Waals surface area contributed by atoms with Crippen LogP contribution in [0.25, 0.3) is 22.2 Å². The van der Waals surface area contributed by atoms with E-state index in [-0.39, 0.29) is 5.43 Å². The van der Waals surface area contributed by atoms with Crippen LogP contribution in [0.3, 0.4) is 0 Å². The monoisotopic (exact) mass is 322 g/mol. The van der Waals surface area contributed by atoms with Gasteiger partial charge in [-0.1, -0.05) is 12.1 Å². The first-order valence-corrected chi connectivity index (χ1v) is 8.03. The van der Waals surface area contributed by atoms with Gasteiger partial charge in [0, 0.05) is 25.0 Å². The van der Waals surface area contributed by atoms with Gasteiger partial charge in [0.05, 0.1) is 11.2 Å². The SMILES string of the molecule is CN(C)CCOc1ccc(-c2cc(=O)c3ccccc3n2C)cc1. The lowest BCUT2D eigenvalue weighted by Gasteiger charge is -2.14. The van der Waals surface area contributed by atoms with E-state index < -0.39 is 0 Å². The summed E-state index contributed by atoms with van der Waals surface area (Å²) in [6.07, 6.45) is 0. The summed E-state index contributed by atoms with van der Waals surface area (Å²) < 4.78 is 7.78. The second-order valence-electron chi connectivity index (χ2n) is 6.15. The van der Waals surface area contributed by atoms with E-state index in [9.17, 15) is 4.79 Å².